The van der Waals surface area contributed by atoms with Crippen LogP contribution < -0.4 is 14.8 Å². The minimum atomic E-state index is -0.0951. The van der Waals surface area contributed by atoms with Crippen molar-refractivity contribution in [3.05, 3.63) is 52.8 Å². The predicted molar refractivity (Wildman–Crippen MR) is 119 cm³/mol. The standard InChI is InChI=1S/C21H23Cl2N3O3.ClH/c22-14-2-4-15(5-3-14)28-9-1-8-26-11-17-18(12-26)21(17)25-20(27)13-29-16-6-7-19(23)24-10-16;/h2-7,10,17-18,21H,1,8-9,11-13H2,(H,25,27);1H/t17-,18+,21-;. The topological polar surface area (TPSA) is 63.7 Å². The predicted octanol–water partition coefficient (Wildman–Crippen LogP) is 3.70. The maximum absolute atomic E-state index is 12.1. The lowest BCUT2D eigenvalue weighted by Gasteiger charge is -2.20. The van der Waals surface area contributed by atoms with E-state index in [1.165, 1.54) is 6.20 Å². The number of nitrogens with zero attached hydrogens (tertiary/aromatic N) is 2. The van der Waals surface area contributed by atoms with Crippen molar-refractivity contribution in [1.29, 1.82) is 0 Å². The number of rotatable bonds is 9. The third kappa shape index (κ3) is 6.14. The van der Waals surface area contributed by atoms with Gasteiger partial charge in [-0.05, 0) is 54.7 Å². The monoisotopic (exact) mass is 471 g/mol. The Morgan fingerprint density at radius 2 is 1.77 bits per heavy atom. The quantitative estimate of drug-likeness (QED) is 0.445. The van der Waals surface area contributed by atoms with Crippen LogP contribution in [0, 0.1) is 11.8 Å². The summed E-state index contributed by atoms with van der Waals surface area (Å²) in [4.78, 5) is 18.5. The first-order chi connectivity index (χ1) is 14.1. The maximum Gasteiger partial charge on any atom is 0.258 e. The number of likely N-dealkylation sites (tertiary alicyclic amines) is 1. The SMILES string of the molecule is Cl.O=C(COc1ccc(Cl)nc1)N[C@@H]1[C@@H]2CN(CCCOc3ccc(Cl)cc3)C[C@@H]21. The summed E-state index contributed by atoms with van der Waals surface area (Å²) < 4.78 is 11.2. The molecule has 2 aromatic rings. The highest BCUT2D eigenvalue weighted by molar-refractivity contribution is 6.30. The number of nitrogens with one attached hydrogen (secondary N) is 1. The molecule has 4 rings (SSSR count). The Bertz CT molecular complexity index is 824. The van der Waals surface area contributed by atoms with Crippen molar-refractivity contribution in [2.24, 2.45) is 11.8 Å². The molecule has 0 spiro atoms. The van der Waals surface area contributed by atoms with Gasteiger partial charge in [0.05, 0.1) is 12.8 Å². The first-order valence-corrected chi connectivity index (χ1v) is 10.5. The Kier molecular flexibility index (Phi) is 8.06. The molecule has 3 atom stereocenters. The van der Waals surface area contributed by atoms with E-state index in [4.69, 9.17) is 32.7 Å². The molecule has 0 unspecified atom stereocenters. The number of ether oxygens (including phenoxy) is 2. The van der Waals surface area contributed by atoms with Crippen LogP contribution in [0.4, 0.5) is 0 Å². The summed E-state index contributed by atoms with van der Waals surface area (Å²) >= 11 is 11.6. The second kappa shape index (κ2) is 10.5. The second-order valence-electron chi connectivity index (χ2n) is 7.44. The number of carbonyl (C=O) groups excluding carboxylic acids is 1. The molecule has 1 saturated carbocycles. The van der Waals surface area contributed by atoms with Gasteiger partial charge in [-0.15, -0.1) is 12.4 Å². The number of piperidine rings is 1. The number of hydrogen-bond donors (Lipinski definition) is 1. The fraction of sp³-hybridized carbons (Fsp3) is 0.429. The van der Waals surface area contributed by atoms with E-state index >= 15 is 0 Å². The molecule has 1 aliphatic heterocycles. The van der Waals surface area contributed by atoms with Crippen LogP contribution in [0.25, 0.3) is 0 Å². The number of amides is 1. The number of benzene rings is 1. The van der Waals surface area contributed by atoms with Gasteiger partial charge in [0.15, 0.2) is 6.61 Å². The molecule has 9 heteroatoms. The molecule has 2 heterocycles. The third-order valence-corrected chi connectivity index (χ3v) is 5.84. The molecule has 1 aromatic heterocycles. The van der Waals surface area contributed by atoms with Gasteiger partial charge in [0.25, 0.3) is 5.91 Å². The Morgan fingerprint density at radius 3 is 2.43 bits per heavy atom. The number of carbonyl (C=O) groups is 1. The molecule has 1 aromatic carbocycles. The van der Waals surface area contributed by atoms with Gasteiger partial charge in [-0.3, -0.25) is 4.79 Å². The van der Waals surface area contributed by atoms with Crippen LogP contribution >= 0.6 is 35.6 Å². The van der Waals surface area contributed by atoms with Gasteiger partial charge >= 0.3 is 0 Å². The van der Waals surface area contributed by atoms with E-state index in [0.29, 0.717) is 34.4 Å². The summed E-state index contributed by atoms with van der Waals surface area (Å²) in [6.45, 7) is 3.74. The lowest BCUT2D eigenvalue weighted by molar-refractivity contribution is -0.123. The summed E-state index contributed by atoms with van der Waals surface area (Å²) in [5.74, 6) is 2.38. The lowest BCUT2D eigenvalue weighted by atomic mass is 10.3. The highest BCUT2D eigenvalue weighted by atomic mass is 35.5. The Balaban J connectivity index is 0.00000256. The molecule has 2 aliphatic rings. The van der Waals surface area contributed by atoms with Crippen LogP contribution in [0.2, 0.25) is 10.2 Å². The van der Waals surface area contributed by atoms with Gasteiger partial charge in [0.1, 0.15) is 16.7 Å². The minimum absolute atomic E-state index is 0. The molecule has 6 nitrogen and oxygen atoms in total. The van der Waals surface area contributed by atoms with Crippen LogP contribution in [-0.2, 0) is 4.79 Å². The zero-order valence-electron chi connectivity index (χ0n) is 16.3. The molecular weight excluding hydrogens is 449 g/mol. The summed E-state index contributed by atoms with van der Waals surface area (Å²) in [5, 5.41) is 4.19. The first-order valence-electron chi connectivity index (χ1n) is 9.73. The lowest BCUT2D eigenvalue weighted by Crippen LogP contribution is -2.37. The average Bonchev–Trinajstić information content (AvgIpc) is 3.15. The number of hydrogen-bond acceptors (Lipinski definition) is 5. The van der Waals surface area contributed by atoms with Gasteiger partial charge in [-0.2, -0.15) is 0 Å². The largest absolute Gasteiger partial charge is 0.494 e. The molecule has 1 amide bonds. The third-order valence-electron chi connectivity index (χ3n) is 5.37. The normalized spacial score (nSPS) is 22.0. The summed E-state index contributed by atoms with van der Waals surface area (Å²) in [5.41, 5.74) is 0. The van der Waals surface area contributed by atoms with Crippen LogP contribution in [0.15, 0.2) is 42.6 Å². The van der Waals surface area contributed by atoms with E-state index in [-0.39, 0.29) is 31.0 Å². The summed E-state index contributed by atoms with van der Waals surface area (Å²) in [6, 6.07) is 11.0. The van der Waals surface area contributed by atoms with Crippen molar-refractivity contribution in [1.82, 2.24) is 15.2 Å². The van der Waals surface area contributed by atoms with Crippen molar-refractivity contribution in [3.8, 4) is 11.5 Å². The van der Waals surface area contributed by atoms with Crippen molar-refractivity contribution in [3.63, 3.8) is 0 Å². The average molecular weight is 473 g/mol. The van der Waals surface area contributed by atoms with Gasteiger partial charge in [-0.1, -0.05) is 23.2 Å². The molecule has 162 valence electrons. The molecule has 30 heavy (non-hydrogen) atoms. The Hall–Kier alpha value is -1.73. The van der Waals surface area contributed by atoms with Crippen LogP contribution in [0.3, 0.4) is 0 Å². The number of fused-ring (bicyclic) bond motifs is 1. The van der Waals surface area contributed by atoms with Crippen molar-refractivity contribution in [2.75, 3.05) is 32.8 Å². The van der Waals surface area contributed by atoms with Crippen molar-refractivity contribution in [2.45, 2.75) is 12.5 Å². The smallest absolute Gasteiger partial charge is 0.258 e. The number of pyridine rings is 1. The van der Waals surface area contributed by atoms with Crippen LogP contribution in [0.1, 0.15) is 6.42 Å². The van der Waals surface area contributed by atoms with Crippen molar-refractivity contribution < 1.29 is 14.3 Å². The molecule has 1 saturated heterocycles. The molecule has 1 N–H and O–H groups in total. The highest BCUT2D eigenvalue weighted by Crippen LogP contribution is 2.45. The molecule has 2 fully saturated rings. The summed E-state index contributed by atoms with van der Waals surface area (Å²) in [6.07, 6.45) is 2.48. The van der Waals surface area contributed by atoms with E-state index < -0.39 is 0 Å². The van der Waals surface area contributed by atoms with Gasteiger partial charge < -0.3 is 19.7 Å². The van der Waals surface area contributed by atoms with Gasteiger partial charge in [-0.25, -0.2) is 4.98 Å². The fourth-order valence-corrected chi connectivity index (χ4v) is 4.08. The molecule has 0 bridgehead atoms. The van der Waals surface area contributed by atoms with E-state index in [1.54, 1.807) is 12.1 Å². The van der Waals surface area contributed by atoms with E-state index in [9.17, 15) is 4.79 Å². The molecule has 1 aliphatic carbocycles. The number of halogens is 3. The van der Waals surface area contributed by atoms with Crippen LogP contribution in [-0.4, -0.2) is 54.7 Å². The maximum atomic E-state index is 12.1. The zero-order chi connectivity index (χ0) is 20.2. The Morgan fingerprint density at radius 1 is 1.07 bits per heavy atom. The summed E-state index contributed by atoms with van der Waals surface area (Å²) in [7, 11) is 0. The van der Waals surface area contributed by atoms with Gasteiger partial charge in [0.2, 0.25) is 0 Å². The molecule has 0 radical (unpaired) electrons. The number of aromatic nitrogens is 1. The van der Waals surface area contributed by atoms with E-state index in [2.05, 4.69) is 15.2 Å². The van der Waals surface area contributed by atoms with E-state index in [0.717, 1.165) is 31.8 Å². The van der Waals surface area contributed by atoms with E-state index in [1.807, 2.05) is 24.3 Å². The first kappa shape index (κ1) is 22.9. The van der Waals surface area contributed by atoms with Gasteiger partial charge in [0, 0.05) is 30.7 Å². The van der Waals surface area contributed by atoms with Crippen molar-refractivity contribution >= 4 is 41.5 Å². The highest BCUT2D eigenvalue weighted by Gasteiger charge is 2.56. The minimum Gasteiger partial charge on any atom is -0.494 e. The second-order valence-corrected chi connectivity index (χ2v) is 8.27. The fourth-order valence-electron chi connectivity index (χ4n) is 3.84. The molecular formula is C21H24Cl3N3O3. The Labute approximate surface area is 192 Å². The van der Waals surface area contributed by atoms with Crippen LogP contribution in [0.5, 0.6) is 11.5 Å². The zero-order valence-corrected chi connectivity index (χ0v) is 18.6.